The van der Waals surface area contributed by atoms with Crippen molar-refractivity contribution in [2.45, 2.75) is 25.7 Å². The van der Waals surface area contributed by atoms with E-state index < -0.39 is 0 Å². The van der Waals surface area contributed by atoms with Gasteiger partial charge in [-0.05, 0) is 25.7 Å². The molecule has 9 heavy (non-hydrogen) atoms. The van der Waals surface area contributed by atoms with E-state index in [4.69, 9.17) is 0 Å². The van der Waals surface area contributed by atoms with Crippen LogP contribution in [0.25, 0.3) is 0 Å². The molecule has 0 radical (unpaired) electrons. The molecule has 0 aliphatic heterocycles. The summed E-state index contributed by atoms with van der Waals surface area (Å²) >= 11 is 0. The van der Waals surface area contributed by atoms with Gasteiger partial charge in [-0.1, -0.05) is 24.3 Å². The van der Waals surface area contributed by atoms with Gasteiger partial charge in [-0.3, -0.25) is 0 Å². The Labute approximate surface area is 69.8 Å². The molecule has 0 N–H and O–H groups in total. The Morgan fingerprint density at radius 1 is 0.556 bits per heavy atom. The second-order valence-corrected chi connectivity index (χ2v) is 2.10. The Kier molecular flexibility index (Phi) is 6.30. The third kappa shape index (κ3) is 4.60. The molecule has 1 heteroatoms. The minimum atomic E-state index is 0. The Hall–Kier alpha value is 0.103. The van der Waals surface area contributed by atoms with Crippen LogP contribution in [0, 0.1) is 0 Å². The van der Waals surface area contributed by atoms with Crippen molar-refractivity contribution in [3.05, 3.63) is 24.3 Å². The van der Waals surface area contributed by atoms with E-state index in [2.05, 4.69) is 24.3 Å². The third-order valence-corrected chi connectivity index (χ3v) is 1.33. The maximum atomic E-state index is 2.27. The molecule has 0 atom stereocenters. The zero-order valence-electron chi connectivity index (χ0n) is 5.49. The van der Waals surface area contributed by atoms with Gasteiger partial charge >= 0.3 is 0 Å². The van der Waals surface area contributed by atoms with Crippen LogP contribution in [-0.2, 0) is 19.5 Å². The van der Waals surface area contributed by atoms with Gasteiger partial charge in [0.25, 0.3) is 0 Å². The molecule has 0 aromatic rings. The predicted octanol–water partition coefficient (Wildman–Crippen LogP) is 2.67. The van der Waals surface area contributed by atoms with Crippen LogP contribution >= 0.6 is 0 Å². The Balaban J connectivity index is 0.000000640. The Bertz CT molecular complexity index is 77.1. The average Bonchev–Trinajstić information content (AvgIpc) is 1.62. The molecule has 1 aliphatic rings. The van der Waals surface area contributed by atoms with Crippen LogP contribution in [0.2, 0.25) is 0 Å². The van der Waals surface area contributed by atoms with Crippen LogP contribution in [0.5, 0.6) is 0 Å². The number of hydrogen-bond donors (Lipinski definition) is 0. The quantitative estimate of drug-likeness (QED) is 0.425. The van der Waals surface area contributed by atoms with E-state index in [-0.39, 0.29) is 19.5 Å². The summed E-state index contributed by atoms with van der Waals surface area (Å²) in [6, 6.07) is 0. The first kappa shape index (κ1) is 9.10. The molecule has 0 amide bonds. The number of allylic oxidation sites excluding steroid dienone is 4. The van der Waals surface area contributed by atoms with E-state index >= 15 is 0 Å². The van der Waals surface area contributed by atoms with Crippen LogP contribution in [0.1, 0.15) is 25.7 Å². The summed E-state index contributed by atoms with van der Waals surface area (Å²) in [5.41, 5.74) is 0. The van der Waals surface area contributed by atoms with Gasteiger partial charge in [0, 0.05) is 19.5 Å². The molecule has 0 saturated heterocycles. The summed E-state index contributed by atoms with van der Waals surface area (Å²) in [6.07, 6.45) is 14.0. The average molecular weight is 209 g/mol. The normalized spacial score (nSPS) is 24.9. The van der Waals surface area contributed by atoms with E-state index in [0.717, 1.165) is 0 Å². The van der Waals surface area contributed by atoms with Crippen LogP contribution in [-0.4, -0.2) is 0 Å². The molecular formula is C8H12Ru. The van der Waals surface area contributed by atoms with Crippen LogP contribution in [0.3, 0.4) is 0 Å². The molecule has 0 nitrogen and oxygen atoms in total. The zero-order chi connectivity index (χ0) is 5.66. The molecule has 0 spiro atoms. The van der Waals surface area contributed by atoms with Crippen LogP contribution in [0.15, 0.2) is 24.3 Å². The van der Waals surface area contributed by atoms with Crippen LogP contribution < -0.4 is 0 Å². The SMILES string of the molecule is C1=C\CC/C=C\CC/1.[Ru]. The molecule has 0 bridgehead atoms. The summed E-state index contributed by atoms with van der Waals surface area (Å²) in [5, 5.41) is 0. The van der Waals surface area contributed by atoms with Gasteiger partial charge in [0.05, 0.1) is 0 Å². The largest absolute Gasteiger partial charge is 0.0882 e. The molecule has 0 aromatic carbocycles. The fraction of sp³-hybridized carbons (Fsp3) is 0.500. The minimum Gasteiger partial charge on any atom is -0.0882 e. The fourth-order valence-electron chi connectivity index (χ4n) is 0.856. The van der Waals surface area contributed by atoms with E-state index in [1.54, 1.807) is 0 Å². The van der Waals surface area contributed by atoms with Gasteiger partial charge in [0.2, 0.25) is 0 Å². The second kappa shape index (κ2) is 6.23. The first-order chi connectivity index (χ1) is 4.00. The van der Waals surface area contributed by atoms with Crippen molar-refractivity contribution in [1.29, 1.82) is 0 Å². The maximum Gasteiger partial charge on any atom is 0 e. The van der Waals surface area contributed by atoms with E-state index in [9.17, 15) is 0 Å². The van der Waals surface area contributed by atoms with Crippen molar-refractivity contribution in [2.75, 3.05) is 0 Å². The molecule has 1 aliphatic carbocycles. The van der Waals surface area contributed by atoms with Crippen molar-refractivity contribution in [1.82, 2.24) is 0 Å². The predicted molar refractivity (Wildman–Crippen MR) is 36.7 cm³/mol. The van der Waals surface area contributed by atoms with Gasteiger partial charge < -0.3 is 0 Å². The van der Waals surface area contributed by atoms with Crippen molar-refractivity contribution in [2.24, 2.45) is 0 Å². The molecule has 0 fully saturated rings. The summed E-state index contributed by atoms with van der Waals surface area (Å²) in [4.78, 5) is 0. The fourth-order valence-corrected chi connectivity index (χ4v) is 0.856. The molecule has 0 heterocycles. The van der Waals surface area contributed by atoms with Crippen molar-refractivity contribution in [3.8, 4) is 0 Å². The van der Waals surface area contributed by atoms with Gasteiger partial charge in [-0.2, -0.15) is 0 Å². The smallest absolute Gasteiger partial charge is 0 e. The number of rotatable bonds is 0. The molecule has 1 rings (SSSR count). The first-order valence-electron chi connectivity index (χ1n) is 3.30. The van der Waals surface area contributed by atoms with E-state index in [1.807, 2.05) is 0 Å². The first-order valence-corrected chi connectivity index (χ1v) is 3.30. The molecule has 52 valence electrons. The zero-order valence-corrected chi connectivity index (χ0v) is 7.23. The molecule has 0 unspecified atom stereocenters. The van der Waals surface area contributed by atoms with Crippen molar-refractivity contribution in [3.63, 3.8) is 0 Å². The second-order valence-electron chi connectivity index (χ2n) is 2.10. The Morgan fingerprint density at radius 2 is 0.778 bits per heavy atom. The van der Waals surface area contributed by atoms with E-state index in [0.29, 0.717) is 0 Å². The van der Waals surface area contributed by atoms with Crippen molar-refractivity contribution < 1.29 is 19.5 Å². The molecular weight excluding hydrogens is 197 g/mol. The van der Waals surface area contributed by atoms with Gasteiger partial charge in [0.15, 0.2) is 0 Å². The van der Waals surface area contributed by atoms with E-state index in [1.165, 1.54) is 25.7 Å². The Morgan fingerprint density at radius 3 is 1.00 bits per heavy atom. The van der Waals surface area contributed by atoms with Gasteiger partial charge in [0.1, 0.15) is 0 Å². The summed E-state index contributed by atoms with van der Waals surface area (Å²) in [6.45, 7) is 0. The standard InChI is InChI=1S/C8H12.Ru/c1-2-4-6-8-7-5-3-1;/h1-2,7-8H,3-6H2;/b2-1-,8-7-;. The topological polar surface area (TPSA) is 0 Å². The maximum absolute atomic E-state index is 2.27. The third-order valence-electron chi connectivity index (χ3n) is 1.33. The van der Waals surface area contributed by atoms with Gasteiger partial charge in [-0.15, -0.1) is 0 Å². The summed E-state index contributed by atoms with van der Waals surface area (Å²) < 4.78 is 0. The summed E-state index contributed by atoms with van der Waals surface area (Å²) in [7, 11) is 0. The number of hydrogen-bond acceptors (Lipinski definition) is 0. The van der Waals surface area contributed by atoms with Gasteiger partial charge in [-0.25, -0.2) is 0 Å². The monoisotopic (exact) mass is 210 g/mol. The van der Waals surface area contributed by atoms with Crippen LogP contribution in [0.4, 0.5) is 0 Å². The summed E-state index contributed by atoms with van der Waals surface area (Å²) in [5.74, 6) is 0. The minimum absolute atomic E-state index is 0. The molecule has 0 aromatic heterocycles. The molecule has 0 saturated carbocycles. The van der Waals surface area contributed by atoms with Crippen molar-refractivity contribution >= 4 is 0 Å².